The Morgan fingerprint density at radius 3 is 2.59 bits per heavy atom. The summed E-state index contributed by atoms with van der Waals surface area (Å²) in [4.78, 5) is 13.4. The van der Waals surface area contributed by atoms with Crippen molar-refractivity contribution in [2.75, 3.05) is 17.6 Å². The van der Waals surface area contributed by atoms with E-state index in [0.717, 1.165) is 16.8 Å². The van der Waals surface area contributed by atoms with Crippen molar-refractivity contribution in [1.29, 1.82) is 0 Å². The number of rotatable bonds is 7. The molecule has 0 radical (unpaired) electrons. The van der Waals surface area contributed by atoms with Gasteiger partial charge in [0.15, 0.2) is 0 Å². The van der Waals surface area contributed by atoms with Gasteiger partial charge in [-0.05, 0) is 59.1 Å². The summed E-state index contributed by atoms with van der Waals surface area (Å²) < 4.78 is 31.5. The van der Waals surface area contributed by atoms with Crippen LogP contribution in [0, 0.1) is 0 Å². The van der Waals surface area contributed by atoms with Crippen LogP contribution in [0.5, 0.6) is 5.75 Å². The number of hydrazone groups is 1. The number of methoxy groups -OCH3 is 1. The summed E-state index contributed by atoms with van der Waals surface area (Å²) in [5.74, 6) is 0.267. The quantitative estimate of drug-likeness (QED) is 0.551. The lowest BCUT2D eigenvalue weighted by molar-refractivity contribution is 0.0708. The molecule has 2 heterocycles. The molecule has 9 heteroatoms. The van der Waals surface area contributed by atoms with Crippen LogP contribution in [-0.4, -0.2) is 37.9 Å². The standard InChI is InChI=1S/C23H23N3O4S2/c1-3-32(28,29)25-18-10-8-16(9-11-18)20-14-21(17-12-13-31-15-17)26(24-20)23(27)19-6-4-5-7-22(19)30-2/h4-13,15,21,25H,3,14H2,1-2H3/t21-/m0/s1. The van der Waals surface area contributed by atoms with Gasteiger partial charge in [-0.2, -0.15) is 16.4 Å². The number of hydrogen-bond acceptors (Lipinski definition) is 6. The lowest BCUT2D eigenvalue weighted by Gasteiger charge is -2.21. The highest BCUT2D eigenvalue weighted by atomic mass is 32.2. The summed E-state index contributed by atoms with van der Waals surface area (Å²) in [5, 5.41) is 10.2. The van der Waals surface area contributed by atoms with E-state index in [0.29, 0.717) is 23.4 Å². The fraction of sp³-hybridized carbons (Fsp3) is 0.217. The van der Waals surface area contributed by atoms with Gasteiger partial charge in [0.2, 0.25) is 10.0 Å². The summed E-state index contributed by atoms with van der Waals surface area (Å²) in [7, 11) is -1.81. The van der Waals surface area contributed by atoms with E-state index in [2.05, 4.69) is 9.82 Å². The molecule has 1 N–H and O–H groups in total. The minimum atomic E-state index is -3.34. The summed E-state index contributed by atoms with van der Waals surface area (Å²) in [6.07, 6.45) is 0.553. The molecule has 1 aliphatic rings. The van der Waals surface area contributed by atoms with Crippen molar-refractivity contribution in [3.8, 4) is 5.75 Å². The Kier molecular flexibility index (Phi) is 6.29. The van der Waals surface area contributed by atoms with Crippen molar-refractivity contribution in [3.63, 3.8) is 0 Å². The van der Waals surface area contributed by atoms with Gasteiger partial charge in [-0.25, -0.2) is 13.4 Å². The van der Waals surface area contributed by atoms with Gasteiger partial charge in [0, 0.05) is 12.1 Å². The van der Waals surface area contributed by atoms with E-state index in [1.165, 1.54) is 12.1 Å². The largest absolute Gasteiger partial charge is 0.496 e. The SMILES string of the molecule is CCS(=O)(=O)Nc1ccc(C2=NN(C(=O)c3ccccc3OC)[C@H](c3ccsc3)C2)cc1. The first-order valence-electron chi connectivity index (χ1n) is 10.1. The van der Waals surface area contributed by atoms with Crippen LogP contribution in [0.3, 0.4) is 0 Å². The molecule has 1 atom stereocenters. The minimum absolute atomic E-state index is 0.00377. The van der Waals surface area contributed by atoms with E-state index in [4.69, 9.17) is 4.74 Å². The van der Waals surface area contributed by atoms with Crippen LogP contribution in [0.2, 0.25) is 0 Å². The van der Waals surface area contributed by atoms with Gasteiger partial charge in [-0.15, -0.1) is 0 Å². The van der Waals surface area contributed by atoms with Crippen molar-refractivity contribution >= 4 is 38.7 Å². The van der Waals surface area contributed by atoms with Gasteiger partial charge in [0.05, 0.1) is 30.2 Å². The highest BCUT2D eigenvalue weighted by Gasteiger charge is 2.34. The molecule has 0 fully saturated rings. The van der Waals surface area contributed by atoms with Crippen LogP contribution in [0.25, 0.3) is 0 Å². The second-order valence-corrected chi connectivity index (χ2v) is 10.0. The molecular formula is C23H23N3O4S2. The first kappa shape index (κ1) is 22.0. The van der Waals surface area contributed by atoms with E-state index in [1.807, 2.05) is 35.0 Å². The zero-order chi connectivity index (χ0) is 22.7. The molecule has 2 aromatic carbocycles. The third kappa shape index (κ3) is 4.53. The predicted molar refractivity (Wildman–Crippen MR) is 127 cm³/mol. The van der Waals surface area contributed by atoms with E-state index in [9.17, 15) is 13.2 Å². The lowest BCUT2D eigenvalue weighted by atomic mass is 10.00. The monoisotopic (exact) mass is 469 g/mol. The van der Waals surface area contributed by atoms with Gasteiger partial charge in [0.1, 0.15) is 5.75 Å². The Labute approximate surface area is 191 Å². The lowest BCUT2D eigenvalue weighted by Crippen LogP contribution is -2.27. The van der Waals surface area contributed by atoms with Gasteiger partial charge in [-0.1, -0.05) is 24.3 Å². The van der Waals surface area contributed by atoms with Crippen molar-refractivity contribution in [1.82, 2.24) is 5.01 Å². The third-order valence-electron chi connectivity index (χ3n) is 5.26. The van der Waals surface area contributed by atoms with Crippen LogP contribution in [0.15, 0.2) is 70.5 Å². The van der Waals surface area contributed by atoms with Crippen molar-refractivity contribution in [2.45, 2.75) is 19.4 Å². The second-order valence-electron chi connectivity index (χ2n) is 7.26. The van der Waals surface area contributed by atoms with Crippen molar-refractivity contribution in [3.05, 3.63) is 82.0 Å². The average molecular weight is 470 g/mol. The summed E-state index contributed by atoms with van der Waals surface area (Å²) >= 11 is 1.57. The summed E-state index contributed by atoms with van der Waals surface area (Å²) in [6, 6.07) is 15.9. The van der Waals surface area contributed by atoms with Crippen LogP contribution in [0.4, 0.5) is 5.69 Å². The van der Waals surface area contributed by atoms with E-state index < -0.39 is 10.0 Å². The number of nitrogens with zero attached hydrogens (tertiary/aromatic N) is 2. The molecule has 7 nitrogen and oxygen atoms in total. The topological polar surface area (TPSA) is 88.1 Å². The maximum atomic E-state index is 13.4. The molecule has 0 saturated carbocycles. The smallest absolute Gasteiger partial charge is 0.278 e. The summed E-state index contributed by atoms with van der Waals surface area (Å²) in [5.41, 5.74) is 3.55. The van der Waals surface area contributed by atoms with E-state index >= 15 is 0 Å². The highest BCUT2D eigenvalue weighted by Crippen LogP contribution is 2.36. The Balaban J connectivity index is 1.66. The maximum Gasteiger partial charge on any atom is 0.278 e. The second kappa shape index (κ2) is 9.13. The van der Waals surface area contributed by atoms with Crippen molar-refractivity contribution < 1.29 is 17.9 Å². The highest BCUT2D eigenvalue weighted by molar-refractivity contribution is 7.92. The molecule has 0 unspecified atom stereocenters. The molecular weight excluding hydrogens is 446 g/mol. The van der Waals surface area contributed by atoms with E-state index in [1.54, 1.807) is 48.6 Å². The molecule has 1 aromatic heterocycles. The van der Waals surface area contributed by atoms with Crippen LogP contribution in [-0.2, 0) is 10.0 Å². The van der Waals surface area contributed by atoms with Gasteiger partial charge >= 0.3 is 0 Å². The first-order chi connectivity index (χ1) is 15.4. The number of anilines is 1. The number of ether oxygens (including phenoxy) is 1. The number of sulfonamides is 1. The minimum Gasteiger partial charge on any atom is -0.496 e. The molecule has 0 spiro atoms. The van der Waals surface area contributed by atoms with Crippen molar-refractivity contribution in [2.24, 2.45) is 5.10 Å². The summed E-state index contributed by atoms with van der Waals surface area (Å²) in [6.45, 7) is 1.59. The molecule has 32 heavy (non-hydrogen) atoms. The zero-order valence-electron chi connectivity index (χ0n) is 17.7. The normalized spacial score (nSPS) is 16.0. The van der Waals surface area contributed by atoms with Crippen LogP contribution in [0.1, 0.15) is 40.9 Å². The molecule has 1 aliphatic heterocycles. The number of nitrogens with one attached hydrogen (secondary N) is 1. The van der Waals surface area contributed by atoms with Gasteiger partial charge in [-0.3, -0.25) is 9.52 Å². The fourth-order valence-electron chi connectivity index (χ4n) is 3.52. The molecule has 0 aliphatic carbocycles. The predicted octanol–water partition coefficient (Wildman–Crippen LogP) is 4.51. The Bertz CT molecular complexity index is 1240. The number of thiophene rings is 1. The average Bonchev–Trinajstić information content (AvgIpc) is 3.49. The van der Waals surface area contributed by atoms with Crippen LogP contribution >= 0.6 is 11.3 Å². The number of hydrogen-bond donors (Lipinski definition) is 1. The number of para-hydroxylation sites is 1. The first-order valence-corrected chi connectivity index (χ1v) is 12.7. The number of carbonyl (C=O) groups excluding carboxylic acids is 1. The maximum absolute atomic E-state index is 13.4. The fourth-order valence-corrected chi connectivity index (χ4v) is 4.87. The Morgan fingerprint density at radius 2 is 1.94 bits per heavy atom. The molecule has 1 amide bonds. The number of carbonyl (C=O) groups is 1. The third-order valence-corrected chi connectivity index (χ3v) is 7.26. The van der Waals surface area contributed by atoms with Gasteiger partial charge in [0.25, 0.3) is 5.91 Å². The van der Waals surface area contributed by atoms with Crippen LogP contribution < -0.4 is 9.46 Å². The molecule has 166 valence electrons. The molecule has 4 rings (SSSR count). The molecule has 0 saturated heterocycles. The Hall–Kier alpha value is -3.17. The molecule has 0 bridgehead atoms. The van der Waals surface area contributed by atoms with E-state index in [-0.39, 0.29) is 17.7 Å². The number of amides is 1. The molecule has 3 aromatic rings. The number of benzene rings is 2. The Morgan fingerprint density at radius 1 is 1.19 bits per heavy atom. The van der Waals surface area contributed by atoms with Gasteiger partial charge < -0.3 is 4.74 Å². The zero-order valence-corrected chi connectivity index (χ0v) is 19.3.